The highest BCUT2D eigenvalue weighted by atomic mass is 16.5. The monoisotopic (exact) mass is 299 g/mol. The molecule has 2 aromatic rings. The Morgan fingerprint density at radius 3 is 2.27 bits per heavy atom. The Labute approximate surface area is 126 Å². The van der Waals surface area contributed by atoms with E-state index in [0.717, 1.165) is 0 Å². The number of nitrogens with one attached hydrogen (secondary N) is 1. The van der Waals surface area contributed by atoms with E-state index in [9.17, 15) is 14.7 Å². The topological polar surface area (TPSA) is 101 Å². The molecule has 1 amide bonds. The van der Waals surface area contributed by atoms with Crippen molar-refractivity contribution in [2.24, 2.45) is 5.10 Å². The van der Waals surface area contributed by atoms with Gasteiger partial charge < -0.3 is 9.84 Å². The number of methoxy groups -OCH3 is 1. The predicted molar refractivity (Wildman–Crippen MR) is 78.9 cm³/mol. The summed E-state index contributed by atoms with van der Waals surface area (Å²) < 4.78 is 5.00. The number of amides is 1. The fourth-order valence-corrected chi connectivity index (χ4v) is 1.66. The van der Waals surface area contributed by atoms with Crippen LogP contribution in [0.3, 0.4) is 0 Å². The first-order valence-corrected chi connectivity index (χ1v) is 6.27. The summed E-state index contributed by atoms with van der Waals surface area (Å²) in [6, 6.07) is 9.31. The molecule has 0 aliphatic heterocycles. The standard InChI is InChI=1S/C15H13N3O4/c1-22-12-4-2-10(3-5-12)13(15(20)21)17-18-14(19)11-6-8-16-9-7-11/h2-9H,1H3,(H,18,19)(H,20,21)/b17-13+. The predicted octanol–water partition coefficient (Wildman–Crippen LogP) is 1.31. The first-order valence-electron chi connectivity index (χ1n) is 6.27. The highest BCUT2D eigenvalue weighted by molar-refractivity contribution is 6.42. The normalized spacial score (nSPS) is 10.9. The summed E-state index contributed by atoms with van der Waals surface area (Å²) in [4.78, 5) is 26.9. The minimum absolute atomic E-state index is 0.273. The van der Waals surface area contributed by atoms with Crippen molar-refractivity contribution in [3.8, 4) is 5.75 Å². The van der Waals surface area contributed by atoms with Crippen LogP contribution in [0.1, 0.15) is 15.9 Å². The molecule has 0 saturated carbocycles. The van der Waals surface area contributed by atoms with Crippen molar-refractivity contribution in [1.29, 1.82) is 0 Å². The third kappa shape index (κ3) is 3.66. The van der Waals surface area contributed by atoms with Crippen molar-refractivity contribution < 1.29 is 19.4 Å². The summed E-state index contributed by atoms with van der Waals surface area (Å²) in [6.07, 6.45) is 2.92. The van der Waals surface area contributed by atoms with Crippen LogP contribution in [0.4, 0.5) is 0 Å². The van der Waals surface area contributed by atoms with Crippen LogP contribution >= 0.6 is 0 Å². The fraction of sp³-hybridized carbons (Fsp3) is 0.0667. The molecular weight excluding hydrogens is 286 g/mol. The Morgan fingerprint density at radius 1 is 1.09 bits per heavy atom. The van der Waals surface area contributed by atoms with Crippen LogP contribution in [-0.2, 0) is 4.79 Å². The highest BCUT2D eigenvalue weighted by Gasteiger charge is 2.14. The molecule has 112 valence electrons. The molecule has 2 N–H and O–H groups in total. The molecule has 0 spiro atoms. The molecule has 1 aromatic carbocycles. The number of ether oxygens (including phenoxy) is 1. The van der Waals surface area contributed by atoms with Gasteiger partial charge in [-0.1, -0.05) is 0 Å². The van der Waals surface area contributed by atoms with Crippen LogP contribution in [0.5, 0.6) is 5.75 Å². The van der Waals surface area contributed by atoms with Gasteiger partial charge in [0.15, 0.2) is 5.71 Å². The average Bonchev–Trinajstić information content (AvgIpc) is 2.56. The number of carbonyl (C=O) groups is 2. The second kappa shape index (κ2) is 6.98. The summed E-state index contributed by atoms with van der Waals surface area (Å²) in [7, 11) is 1.51. The smallest absolute Gasteiger partial charge is 0.356 e. The van der Waals surface area contributed by atoms with Gasteiger partial charge in [0, 0.05) is 23.5 Å². The molecule has 0 bridgehead atoms. The van der Waals surface area contributed by atoms with Gasteiger partial charge in [0.2, 0.25) is 0 Å². The quantitative estimate of drug-likeness (QED) is 0.640. The SMILES string of the molecule is COc1ccc(/C(=N\NC(=O)c2ccncc2)C(=O)O)cc1. The number of benzene rings is 1. The first kappa shape index (κ1) is 15.2. The van der Waals surface area contributed by atoms with E-state index in [1.807, 2.05) is 0 Å². The van der Waals surface area contributed by atoms with Crippen molar-refractivity contribution in [1.82, 2.24) is 10.4 Å². The number of hydrogen-bond donors (Lipinski definition) is 2. The largest absolute Gasteiger partial charge is 0.497 e. The van der Waals surface area contributed by atoms with Crippen LogP contribution in [0, 0.1) is 0 Å². The van der Waals surface area contributed by atoms with Gasteiger partial charge in [-0.25, -0.2) is 10.2 Å². The number of nitrogens with zero attached hydrogens (tertiary/aromatic N) is 2. The molecule has 1 aromatic heterocycles. The van der Waals surface area contributed by atoms with Gasteiger partial charge in [-0.05, 0) is 36.4 Å². The van der Waals surface area contributed by atoms with Crippen molar-refractivity contribution in [3.63, 3.8) is 0 Å². The van der Waals surface area contributed by atoms with E-state index in [-0.39, 0.29) is 5.71 Å². The van der Waals surface area contributed by atoms with Crippen LogP contribution in [0.2, 0.25) is 0 Å². The molecule has 0 saturated heterocycles. The summed E-state index contributed by atoms with van der Waals surface area (Å²) in [5.41, 5.74) is 2.63. The van der Waals surface area contributed by atoms with Gasteiger partial charge in [0.05, 0.1) is 7.11 Å². The molecule has 0 unspecified atom stereocenters. The third-order valence-corrected chi connectivity index (χ3v) is 2.78. The molecule has 0 aliphatic carbocycles. The van der Waals surface area contributed by atoms with Crippen LogP contribution in [0.25, 0.3) is 0 Å². The lowest BCUT2D eigenvalue weighted by Crippen LogP contribution is -2.24. The van der Waals surface area contributed by atoms with E-state index >= 15 is 0 Å². The van der Waals surface area contributed by atoms with E-state index in [1.165, 1.54) is 31.6 Å². The summed E-state index contributed by atoms with van der Waals surface area (Å²) in [5, 5.41) is 12.9. The van der Waals surface area contributed by atoms with E-state index in [2.05, 4.69) is 15.5 Å². The van der Waals surface area contributed by atoms with Crippen molar-refractivity contribution in [3.05, 3.63) is 59.9 Å². The number of carbonyl (C=O) groups excluding carboxylic acids is 1. The van der Waals surface area contributed by atoms with Crippen molar-refractivity contribution in [2.75, 3.05) is 7.11 Å². The summed E-state index contributed by atoms with van der Waals surface area (Å²) in [5.74, 6) is -1.18. The molecule has 0 aliphatic rings. The molecular formula is C15H13N3O4. The number of pyridine rings is 1. The van der Waals surface area contributed by atoms with Gasteiger partial charge in [-0.2, -0.15) is 5.10 Å². The zero-order valence-corrected chi connectivity index (χ0v) is 11.7. The Hall–Kier alpha value is -3.22. The first-order chi connectivity index (χ1) is 10.6. The summed E-state index contributed by atoms with van der Waals surface area (Å²) >= 11 is 0. The minimum Gasteiger partial charge on any atom is -0.497 e. The molecule has 0 radical (unpaired) electrons. The molecule has 7 nitrogen and oxygen atoms in total. The lowest BCUT2D eigenvalue weighted by Gasteiger charge is -2.05. The molecule has 22 heavy (non-hydrogen) atoms. The maximum absolute atomic E-state index is 11.8. The number of hydrogen-bond acceptors (Lipinski definition) is 5. The lowest BCUT2D eigenvalue weighted by atomic mass is 10.1. The Kier molecular flexibility index (Phi) is 4.81. The highest BCUT2D eigenvalue weighted by Crippen LogP contribution is 2.12. The van der Waals surface area contributed by atoms with Crippen molar-refractivity contribution in [2.45, 2.75) is 0 Å². The van der Waals surface area contributed by atoms with Gasteiger partial charge in [-0.15, -0.1) is 0 Å². The fourth-order valence-electron chi connectivity index (χ4n) is 1.66. The van der Waals surface area contributed by atoms with E-state index in [4.69, 9.17) is 4.74 Å². The average molecular weight is 299 g/mol. The Morgan fingerprint density at radius 2 is 1.73 bits per heavy atom. The number of aliphatic carboxylic acids is 1. The van der Waals surface area contributed by atoms with E-state index in [1.54, 1.807) is 24.3 Å². The summed E-state index contributed by atoms with van der Waals surface area (Å²) in [6.45, 7) is 0. The van der Waals surface area contributed by atoms with Crippen molar-refractivity contribution >= 4 is 17.6 Å². The third-order valence-electron chi connectivity index (χ3n) is 2.78. The maximum Gasteiger partial charge on any atom is 0.356 e. The maximum atomic E-state index is 11.8. The Balaban J connectivity index is 2.20. The van der Waals surface area contributed by atoms with Gasteiger partial charge >= 0.3 is 5.97 Å². The van der Waals surface area contributed by atoms with Gasteiger partial charge in [0.25, 0.3) is 5.91 Å². The molecule has 2 rings (SSSR count). The van der Waals surface area contributed by atoms with Crippen LogP contribution in [-0.4, -0.2) is 34.8 Å². The van der Waals surface area contributed by atoms with Gasteiger partial charge in [-0.3, -0.25) is 9.78 Å². The lowest BCUT2D eigenvalue weighted by molar-refractivity contribution is -0.129. The zero-order valence-electron chi connectivity index (χ0n) is 11.7. The number of aromatic nitrogens is 1. The molecule has 0 fully saturated rings. The number of carboxylic acid groups (broad SMARTS) is 1. The second-order valence-electron chi connectivity index (χ2n) is 4.17. The van der Waals surface area contributed by atoms with Crippen LogP contribution < -0.4 is 10.2 Å². The minimum atomic E-state index is -1.25. The molecule has 1 heterocycles. The van der Waals surface area contributed by atoms with E-state index < -0.39 is 11.9 Å². The second-order valence-corrected chi connectivity index (χ2v) is 4.17. The molecule has 7 heteroatoms. The number of carboxylic acids is 1. The zero-order chi connectivity index (χ0) is 15.9. The van der Waals surface area contributed by atoms with Crippen LogP contribution in [0.15, 0.2) is 53.9 Å². The van der Waals surface area contributed by atoms with Gasteiger partial charge in [0.1, 0.15) is 5.75 Å². The Bertz CT molecular complexity index is 696. The molecule has 0 atom stereocenters. The number of rotatable bonds is 5. The van der Waals surface area contributed by atoms with E-state index in [0.29, 0.717) is 16.9 Å². The number of hydrazone groups is 1.